The Hall–Kier alpha value is -8.14. The highest BCUT2D eigenvalue weighted by atomic mass is 15.0. The first kappa shape index (κ1) is 36.0. The lowest BCUT2D eigenvalue weighted by Gasteiger charge is -2.14. The Labute approximate surface area is 354 Å². The molecule has 0 amide bonds. The van der Waals surface area contributed by atoms with Crippen molar-refractivity contribution in [3.63, 3.8) is 0 Å². The maximum atomic E-state index is 8.98. The minimum Gasteiger partial charge on any atom is -0.309 e. The number of nitrogens with zero attached hydrogens (tertiary/aromatic N) is 2. The summed E-state index contributed by atoms with van der Waals surface area (Å²) < 4.78 is 2.31. The molecular formula is C58H39N3. The molecule has 3 heteroatoms. The molecule has 0 aliphatic carbocycles. The first-order valence-corrected chi connectivity index (χ1v) is 20.7. The van der Waals surface area contributed by atoms with Gasteiger partial charge >= 0.3 is 0 Å². The third-order valence-corrected chi connectivity index (χ3v) is 11.9. The number of para-hydroxylation sites is 2. The molecule has 10 aromatic carbocycles. The van der Waals surface area contributed by atoms with E-state index < -0.39 is 0 Å². The molecule has 1 heterocycles. The van der Waals surface area contributed by atoms with Crippen molar-refractivity contribution in [3.05, 3.63) is 241 Å². The van der Waals surface area contributed by atoms with Gasteiger partial charge in [0.15, 0.2) is 5.84 Å². The molecule has 286 valence electrons. The number of hydrogen-bond donors (Lipinski definition) is 1. The number of amidine groups is 1. The zero-order valence-electron chi connectivity index (χ0n) is 33.3. The van der Waals surface area contributed by atoms with Crippen LogP contribution in [0.2, 0.25) is 0 Å². The topological polar surface area (TPSA) is 41.1 Å². The van der Waals surface area contributed by atoms with Crippen molar-refractivity contribution in [3.8, 4) is 27.9 Å². The van der Waals surface area contributed by atoms with Crippen molar-refractivity contribution < 1.29 is 0 Å². The van der Waals surface area contributed by atoms with Crippen LogP contribution in [0, 0.1) is 5.41 Å². The second-order valence-corrected chi connectivity index (χ2v) is 15.5. The molecular weight excluding hydrogens is 739 g/mol. The van der Waals surface area contributed by atoms with E-state index in [4.69, 9.17) is 10.4 Å². The Bertz CT molecular complexity index is 3460. The summed E-state index contributed by atoms with van der Waals surface area (Å²) in [4.78, 5) is 4.93. The second-order valence-electron chi connectivity index (χ2n) is 15.5. The van der Waals surface area contributed by atoms with Crippen LogP contribution in [0.15, 0.2) is 229 Å². The molecule has 0 spiro atoms. The molecule has 0 bridgehead atoms. The quantitative estimate of drug-likeness (QED) is 0.0725. The Morgan fingerprint density at radius 2 is 0.984 bits per heavy atom. The van der Waals surface area contributed by atoms with E-state index in [1.807, 2.05) is 36.4 Å². The van der Waals surface area contributed by atoms with E-state index in [0.717, 1.165) is 44.5 Å². The van der Waals surface area contributed by atoms with E-state index in [9.17, 15) is 0 Å². The van der Waals surface area contributed by atoms with Gasteiger partial charge in [-0.3, -0.25) is 5.41 Å². The molecule has 0 fully saturated rings. The average Bonchev–Trinajstić information content (AvgIpc) is 3.67. The van der Waals surface area contributed by atoms with Gasteiger partial charge in [-0.2, -0.15) is 0 Å². The molecule has 0 radical (unpaired) electrons. The van der Waals surface area contributed by atoms with Crippen LogP contribution in [-0.4, -0.2) is 16.1 Å². The fraction of sp³-hybridized carbons (Fsp3) is 0. The van der Waals surface area contributed by atoms with Crippen LogP contribution in [0.1, 0.15) is 16.7 Å². The Kier molecular flexibility index (Phi) is 8.98. The van der Waals surface area contributed by atoms with Crippen LogP contribution >= 0.6 is 0 Å². The van der Waals surface area contributed by atoms with Crippen molar-refractivity contribution in [2.24, 2.45) is 4.99 Å². The molecule has 0 aliphatic rings. The van der Waals surface area contributed by atoms with E-state index in [-0.39, 0.29) is 5.84 Å². The van der Waals surface area contributed by atoms with Crippen LogP contribution in [-0.2, 0) is 0 Å². The van der Waals surface area contributed by atoms with Crippen molar-refractivity contribution in [2.45, 2.75) is 0 Å². The summed E-state index contributed by atoms with van der Waals surface area (Å²) in [6, 6.07) is 77.2. The number of aromatic nitrogens is 1. The maximum absolute atomic E-state index is 8.98. The van der Waals surface area contributed by atoms with Gasteiger partial charge in [-0.05, 0) is 96.5 Å². The highest BCUT2D eigenvalue weighted by Gasteiger charge is 2.15. The largest absolute Gasteiger partial charge is 0.309 e. The smallest absolute Gasteiger partial charge is 0.152 e. The molecule has 0 saturated carbocycles. The molecule has 1 N–H and O–H groups in total. The molecule has 11 aromatic rings. The van der Waals surface area contributed by atoms with Crippen LogP contribution in [0.5, 0.6) is 0 Å². The SMILES string of the molecule is N=C(N=C(/C=C/c1ccc(-c2ccc(-c3c4ccccc4cc4c3ccc3ccccc34)cc2)cc1)c1cccc(-n2c3ccccc3c3ccccc32)c1)c1ccccc1. The van der Waals surface area contributed by atoms with Crippen LogP contribution < -0.4 is 0 Å². The number of benzene rings is 10. The Morgan fingerprint density at radius 3 is 1.70 bits per heavy atom. The fourth-order valence-corrected chi connectivity index (χ4v) is 8.91. The predicted molar refractivity (Wildman–Crippen MR) is 259 cm³/mol. The third kappa shape index (κ3) is 6.59. The van der Waals surface area contributed by atoms with Crippen molar-refractivity contribution in [2.75, 3.05) is 0 Å². The van der Waals surface area contributed by atoms with E-state index in [2.05, 4.69) is 199 Å². The molecule has 0 saturated heterocycles. The van der Waals surface area contributed by atoms with Gasteiger partial charge in [0.2, 0.25) is 0 Å². The monoisotopic (exact) mass is 777 g/mol. The lowest BCUT2D eigenvalue weighted by molar-refractivity contribution is 1.18. The number of aliphatic imine (C=N–C) groups is 1. The molecule has 0 atom stereocenters. The van der Waals surface area contributed by atoms with Gasteiger partial charge in [0.05, 0.1) is 16.7 Å². The number of allylic oxidation sites excluding steroid dienone is 1. The van der Waals surface area contributed by atoms with Gasteiger partial charge in [0.25, 0.3) is 0 Å². The minimum atomic E-state index is 0.214. The zero-order chi connectivity index (χ0) is 40.7. The normalized spacial score (nSPS) is 12.0. The number of fused-ring (bicyclic) bond motifs is 7. The molecule has 61 heavy (non-hydrogen) atoms. The summed E-state index contributed by atoms with van der Waals surface area (Å²) in [6.07, 6.45) is 4.12. The number of rotatable bonds is 7. The molecule has 0 unspecified atom stereocenters. The lowest BCUT2D eigenvalue weighted by atomic mass is 9.89. The zero-order valence-corrected chi connectivity index (χ0v) is 33.3. The van der Waals surface area contributed by atoms with Gasteiger partial charge in [-0.1, -0.05) is 194 Å². The van der Waals surface area contributed by atoms with E-state index in [1.165, 1.54) is 54.2 Å². The average molecular weight is 778 g/mol. The van der Waals surface area contributed by atoms with Gasteiger partial charge < -0.3 is 4.57 Å². The van der Waals surface area contributed by atoms with E-state index in [0.29, 0.717) is 5.71 Å². The van der Waals surface area contributed by atoms with Crippen molar-refractivity contribution in [1.29, 1.82) is 5.41 Å². The van der Waals surface area contributed by atoms with Crippen molar-refractivity contribution >= 4 is 71.7 Å². The van der Waals surface area contributed by atoms with Crippen LogP contribution in [0.3, 0.4) is 0 Å². The minimum absolute atomic E-state index is 0.214. The highest BCUT2D eigenvalue weighted by molar-refractivity contribution is 6.20. The first-order valence-electron chi connectivity index (χ1n) is 20.7. The maximum Gasteiger partial charge on any atom is 0.152 e. The summed E-state index contributed by atoms with van der Waals surface area (Å²) in [6.45, 7) is 0. The molecule has 0 aliphatic heterocycles. The highest BCUT2D eigenvalue weighted by Crippen LogP contribution is 2.40. The van der Waals surface area contributed by atoms with E-state index in [1.54, 1.807) is 0 Å². The Morgan fingerprint density at radius 1 is 0.410 bits per heavy atom. The molecule has 1 aromatic heterocycles. The Balaban J connectivity index is 0.924. The van der Waals surface area contributed by atoms with Crippen molar-refractivity contribution in [1.82, 2.24) is 4.57 Å². The fourth-order valence-electron chi connectivity index (χ4n) is 8.91. The summed E-state index contributed by atoms with van der Waals surface area (Å²) in [5, 5.41) is 19.0. The predicted octanol–water partition coefficient (Wildman–Crippen LogP) is 15.1. The van der Waals surface area contributed by atoms with Gasteiger partial charge in [0.1, 0.15) is 0 Å². The molecule has 3 nitrogen and oxygen atoms in total. The van der Waals surface area contributed by atoms with Crippen LogP contribution in [0.25, 0.3) is 88.1 Å². The third-order valence-electron chi connectivity index (χ3n) is 11.9. The second kappa shape index (κ2) is 15.2. The summed E-state index contributed by atoms with van der Waals surface area (Å²) >= 11 is 0. The summed E-state index contributed by atoms with van der Waals surface area (Å²) in [5.41, 5.74) is 11.6. The first-order chi connectivity index (χ1) is 30.2. The van der Waals surface area contributed by atoms with Crippen LogP contribution in [0.4, 0.5) is 0 Å². The number of hydrogen-bond acceptors (Lipinski definition) is 1. The standard InChI is InChI=1S/C58H39N3/c59-58(44-14-2-1-3-15-44)60-54(46-17-12-18-47(37-46)61-55-23-10-8-21-50(55)51-22-9-11-24-56(51)61)36-27-39-25-28-40(29-26-39)41-30-32-43(33-31-41)57-49-20-7-5-16-45(49)38-53-48-19-6-4-13-42(48)34-35-52(53)57/h1-38,59H/b36-27+,59-58?,60-54?. The van der Waals surface area contributed by atoms with Gasteiger partial charge in [-0.25, -0.2) is 4.99 Å². The van der Waals surface area contributed by atoms with Gasteiger partial charge in [0, 0.05) is 27.6 Å². The number of nitrogens with one attached hydrogen (secondary N) is 1. The lowest BCUT2D eigenvalue weighted by Crippen LogP contribution is -2.05. The molecule has 11 rings (SSSR count). The summed E-state index contributed by atoms with van der Waals surface area (Å²) in [7, 11) is 0. The van der Waals surface area contributed by atoms with E-state index >= 15 is 0 Å². The summed E-state index contributed by atoms with van der Waals surface area (Å²) in [5.74, 6) is 0.214. The van der Waals surface area contributed by atoms with Gasteiger partial charge in [-0.15, -0.1) is 0 Å².